The Morgan fingerprint density at radius 2 is 2.30 bits per heavy atom. The van der Waals surface area contributed by atoms with Crippen LogP contribution in [0.5, 0.6) is 0 Å². The highest BCUT2D eigenvalue weighted by Gasteiger charge is 2.30. The van der Waals surface area contributed by atoms with E-state index in [1.165, 1.54) is 6.07 Å². The lowest BCUT2D eigenvalue weighted by Gasteiger charge is -2.36. The van der Waals surface area contributed by atoms with Crippen molar-refractivity contribution < 1.29 is 9.66 Å². The van der Waals surface area contributed by atoms with Crippen molar-refractivity contribution >= 4 is 17.3 Å². The van der Waals surface area contributed by atoms with Crippen LogP contribution in [0.1, 0.15) is 13.3 Å². The molecule has 0 spiro atoms. The normalized spacial score (nSPS) is 22.6. The summed E-state index contributed by atoms with van der Waals surface area (Å²) in [5.41, 5.74) is 0.0356. The third kappa shape index (κ3) is 2.82. The van der Waals surface area contributed by atoms with E-state index >= 15 is 0 Å². The maximum atomic E-state index is 11.2. The molecule has 2 unspecified atom stereocenters. The average molecular weight is 280 g/mol. The van der Waals surface area contributed by atoms with Crippen LogP contribution in [0.25, 0.3) is 0 Å². The van der Waals surface area contributed by atoms with Gasteiger partial charge in [0.15, 0.2) is 0 Å². The maximum Gasteiger partial charge on any atom is 0.311 e. The number of aromatic nitrogens is 1. The molecule has 1 aromatic rings. The highest BCUT2D eigenvalue weighted by Crippen LogP contribution is 2.31. The van der Waals surface area contributed by atoms with Gasteiger partial charge in [-0.2, -0.15) is 0 Å². The van der Waals surface area contributed by atoms with Gasteiger partial charge in [0.2, 0.25) is 5.82 Å². The summed E-state index contributed by atoms with van der Waals surface area (Å²) in [7, 11) is 3.42. The second kappa shape index (κ2) is 6.04. The number of nitro groups is 1. The molecule has 2 rings (SSSR count). The van der Waals surface area contributed by atoms with Crippen molar-refractivity contribution in [3.63, 3.8) is 0 Å². The highest BCUT2D eigenvalue weighted by atomic mass is 16.6. The zero-order chi connectivity index (χ0) is 14.7. The summed E-state index contributed by atoms with van der Waals surface area (Å²) in [5.74, 6) is 1.48. The average Bonchev–Trinajstić information content (AvgIpc) is 2.47. The summed E-state index contributed by atoms with van der Waals surface area (Å²) in [6.07, 6.45) is 1.00. The van der Waals surface area contributed by atoms with E-state index in [-0.39, 0.29) is 16.7 Å². The topological polar surface area (TPSA) is 80.5 Å². The minimum atomic E-state index is -0.387. The van der Waals surface area contributed by atoms with E-state index in [9.17, 15) is 10.1 Å². The zero-order valence-corrected chi connectivity index (χ0v) is 12.0. The number of anilines is 2. The van der Waals surface area contributed by atoms with Crippen LogP contribution >= 0.6 is 0 Å². The molecule has 0 bridgehead atoms. The predicted octanol–water partition coefficient (Wildman–Crippen LogP) is 1.89. The van der Waals surface area contributed by atoms with Crippen LogP contribution in [0.2, 0.25) is 0 Å². The second-order valence-electron chi connectivity index (χ2n) is 5.03. The van der Waals surface area contributed by atoms with Gasteiger partial charge in [-0.05, 0) is 18.4 Å². The van der Waals surface area contributed by atoms with Gasteiger partial charge < -0.3 is 15.0 Å². The van der Waals surface area contributed by atoms with Crippen LogP contribution in [-0.4, -0.2) is 43.3 Å². The minimum Gasteiger partial charge on any atom is -0.379 e. The predicted molar refractivity (Wildman–Crippen MR) is 77.2 cm³/mol. The quantitative estimate of drug-likeness (QED) is 0.670. The van der Waals surface area contributed by atoms with Crippen LogP contribution in [0, 0.1) is 16.0 Å². The number of hydrogen-bond acceptors (Lipinski definition) is 6. The molecule has 20 heavy (non-hydrogen) atoms. The van der Waals surface area contributed by atoms with Gasteiger partial charge in [0.05, 0.1) is 11.0 Å². The Labute approximate surface area is 118 Å². The van der Waals surface area contributed by atoms with Crippen molar-refractivity contribution in [1.82, 2.24) is 4.98 Å². The molecule has 0 aliphatic carbocycles. The van der Waals surface area contributed by atoms with Crippen molar-refractivity contribution in [2.75, 3.05) is 37.5 Å². The molecule has 0 saturated carbocycles. The third-order valence-electron chi connectivity index (χ3n) is 3.80. The fourth-order valence-corrected chi connectivity index (χ4v) is 2.49. The molecule has 0 radical (unpaired) electrons. The second-order valence-corrected chi connectivity index (χ2v) is 5.03. The highest BCUT2D eigenvalue weighted by molar-refractivity contribution is 5.62. The summed E-state index contributed by atoms with van der Waals surface area (Å²) in [6.45, 7) is 3.51. The molecule has 1 aliphatic rings. The van der Waals surface area contributed by atoms with Gasteiger partial charge in [0.1, 0.15) is 5.82 Å². The largest absolute Gasteiger partial charge is 0.379 e. The minimum absolute atomic E-state index is 0.0356. The SMILES string of the molecule is CNc1ccc([N+](=O)[O-])c(N2CCC(C)C(OC)C2)n1. The first-order chi connectivity index (χ1) is 9.56. The lowest BCUT2D eigenvalue weighted by atomic mass is 9.96. The Morgan fingerprint density at radius 3 is 2.90 bits per heavy atom. The van der Waals surface area contributed by atoms with E-state index in [0.717, 1.165) is 13.0 Å². The molecule has 1 N–H and O–H groups in total. The Balaban J connectivity index is 2.32. The van der Waals surface area contributed by atoms with Gasteiger partial charge in [-0.15, -0.1) is 0 Å². The van der Waals surface area contributed by atoms with Crippen LogP contribution in [0.4, 0.5) is 17.3 Å². The molecular weight excluding hydrogens is 260 g/mol. The van der Waals surface area contributed by atoms with Crippen LogP contribution in [0.3, 0.4) is 0 Å². The summed E-state index contributed by atoms with van der Waals surface area (Å²) in [6, 6.07) is 3.11. The molecule has 7 nitrogen and oxygen atoms in total. The van der Waals surface area contributed by atoms with Gasteiger partial charge in [-0.3, -0.25) is 10.1 Å². The number of methoxy groups -OCH3 is 1. The van der Waals surface area contributed by atoms with Crippen molar-refractivity contribution in [3.8, 4) is 0 Å². The van der Waals surface area contributed by atoms with E-state index in [1.54, 1.807) is 20.2 Å². The molecule has 0 aromatic carbocycles. The number of hydrogen-bond donors (Lipinski definition) is 1. The molecule has 0 amide bonds. The lowest BCUT2D eigenvalue weighted by molar-refractivity contribution is -0.384. The molecular formula is C13H20N4O3. The van der Waals surface area contributed by atoms with Crippen LogP contribution in [0.15, 0.2) is 12.1 Å². The van der Waals surface area contributed by atoms with Gasteiger partial charge in [-0.1, -0.05) is 6.92 Å². The fourth-order valence-electron chi connectivity index (χ4n) is 2.49. The molecule has 2 atom stereocenters. The van der Waals surface area contributed by atoms with Gasteiger partial charge >= 0.3 is 5.69 Å². The van der Waals surface area contributed by atoms with E-state index in [1.807, 2.05) is 4.90 Å². The third-order valence-corrected chi connectivity index (χ3v) is 3.80. The number of nitrogens with one attached hydrogen (secondary N) is 1. The fraction of sp³-hybridized carbons (Fsp3) is 0.615. The Bertz CT molecular complexity index is 495. The first-order valence-electron chi connectivity index (χ1n) is 6.67. The number of ether oxygens (including phenoxy) is 1. The summed E-state index contributed by atoms with van der Waals surface area (Å²) >= 11 is 0. The summed E-state index contributed by atoms with van der Waals surface area (Å²) < 4.78 is 5.46. The first kappa shape index (κ1) is 14.5. The summed E-state index contributed by atoms with van der Waals surface area (Å²) in [4.78, 5) is 17.1. The van der Waals surface area contributed by atoms with Crippen molar-refractivity contribution in [1.29, 1.82) is 0 Å². The van der Waals surface area contributed by atoms with Crippen molar-refractivity contribution in [2.24, 2.45) is 5.92 Å². The van der Waals surface area contributed by atoms with E-state index in [4.69, 9.17) is 4.74 Å². The van der Waals surface area contributed by atoms with Gasteiger partial charge in [-0.25, -0.2) is 4.98 Å². The molecule has 7 heteroatoms. The Morgan fingerprint density at radius 1 is 1.55 bits per heavy atom. The zero-order valence-electron chi connectivity index (χ0n) is 12.0. The molecule has 2 heterocycles. The number of pyridine rings is 1. The lowest BCUT2D eigenvalue weighted by Crippen LogP contribution is -2.44. The number of piperidine rings is 1. The maximum absolute atomic E-state index is 11.2. The number of rotatable bonds is 4. The van der Waals surface area contributed by atoms with E-state index in [2.05, 4.69) is 17.2 Å². The molecule has 110 valence electrons. The van der Waals surface area contributed by atoms with Gasteiger partial charge in [0.25, 0.3) is 0 Å². The van der Waals surface area contributed by atoms with Gasteiger partial charge in [0, 0.05) is 33.3 Å². The van der Waals surface area contributed by atoms with E-state index in [0.29, 0.717) is 24.1 Å². The Hall–Kier alpha value is -1.89. The van der Waals surface area contributed by atoms with E-state index < -0.39 is 0 Å². The monoisotopic (exact) mass is 280 g/mol. The molecule has 1 fully saturated rings. The number of nitrogens with zero attached hydrogens (tertiary/aromatic N) is 3. The first-order valence-corrected chi connectivity index (χ1v) is 6.67. The smallest absolute Gasteiger partial charge is 0.311 e. The summed E-state index contributed by atoms with van der Waals surface area (Å²) in [5, 5.41) is 14.1. The molecule has 1 aromatic heterocycles. The van der Waals surface area contributed by atoms with Crippen molar-refractivity contribution in [3.05, 3.63) is 22.2 Å². The Kier molecular flexibility index (Phi) is 4.39. The molecule has 1 saturated heterocycles. The van der Waals surface area contributed by atoms with Crippen LogP contribution < -0.4 is 10.2 Å². The standard InChI is InChI=1S/C13H20N4O3/c1-9-6-7-16(8-11(9)20-3)13-10(17(18)19)4-5-12(14-2)15-13/h4-5,9,11H,6-8H2,1-3H3,(H,14,15). The van der Waals surface area contributed by atoms with Crippen molar-refractivity contribution in [2.45, 2.75) is 19.4 Å². The molecule has 1 aliphatic heterocycles. The van der Waals surface area contributed by atoms with Crippen LogP contribution in [-0.2, 0) is 4.74 Å².